The van der Waals surface area contributed by atoms with E-state index < -0.39 is 0 Å². The van der Waals surface area contributed by atoms with E-state index in [0.29, 0.717) is 0 Å². The van der Waals surface area contributed by atoms with Gasteiger partial charge in [0, 0.05) is 5.41 Å². The number of hydrogen-bond donors (Lipinski definition) is 0. The van der Waals surface area contributed by atoms with Gasteiger partial charge in [-0.15, -0.1) is 0 Å². The molecule has 0 amide bonds. The monoisotopic (exact) mass is 408 g/mol. The van der Waals surface area contributed by atoms with Gasteiger partial charge in [-0.3, -0.25) is 0 Å². The third kappa shape index (κ3) is 9.92. The first-order valence-corrected chi connectivity index (χ1v) is 12.0. The van der Waals surface area contributed by atoms with Crippen molar-refractivity contribution in [3.05, 3.63) is 108 Å². The minimum Gasteiger partial charge on any atom is -0.0683 e. The van der Waals surface area contributed by atoms with Crippen LogP contribution in [0.3, 0.4) is 0 Å². The van der Waals surface area contributed by atoms with Crippen LogP contribution in [0.4, 0.5) is 0 Å². The lowest BCUT2D eigenvalue weighted by molar-refractivity contribution is 0.692. The van der Waals surface area contributed by atoms with E-state index in [9.17, 15) is 0 Å². The molecule has 168 valence electrons. The summed E-state index contributed by atoms with van der Waals surface area (Å²) in [6.07, 6.45) is 0. The molecule has 30 heavy (non-hydrogen) atoms. The summed E-state index contributed by atoms with van der Waals surface area (Å²) >= 11 is 0. The van der Waals surface area contributed by atoms with Crippen molar-refractivity contribution in [1.82, 2.24) is 0 Å². The number of benzene rings is 3. The maximum Gasteiger partial charge on any atom is 0.0423 e. The quantitative estimate of drug-likeness (QED) is 0.378. The smallest absolute Gasteiger partial charge is 0.0423 e. The topological polar surface area (TPSA) is 0 Å². The summed E-state index contributed by atoms with van der Waals surface area (Å²) in [5.74, 6) is 0. The highest BCUT2D eigenvalue weighted by molar-refractivity contribution is 5.49. The summed E-state index contributed by atoms with van der Waals surface area (Å²) in [6, 6.07) is 32.1. The average molecular weight is 409 g/mol. The average Bonchev–Trinajstić information content (AvgIpc) is 2.91. The van der Waals surface area contributed by atoms with Crippen molar-refractivity contribution in [2.75, 3.05) is 0 Å². The first kappa shape index (κ1) is 32.3. The van der Waals surface area contributed by atoms with Crippen LogP contribution in [-0.4, -0.2) is 0 Å². The zero-order valence-corrected chi connectivity index (χ0v) is 21.7. The minimum absolute atomic E-state index is 0.121. The second-order valence-corrected chi connectivity index (χ2v) is 5.22. The molecule has 0 N–H and O–H groups in total. The van der Waals surface area contributed by atoms with Crippen molar-refractivity contribution >= 4 is 0 Å². The van der Waals surface area contributed by atoms with Crippen LogP contribution >= 0.6 is 0 Å². The van der Waals surface area contributed by atoms with Crippen LogP contribution in [0, 0.1) is 0 Å². The van der Waals surface area contributed by atoms with Gasteiger partial charge in [-0.1, -0.05) is 160 Å². The molecule has 0 bridgehead atoms. The molecule has 0 unspecified atom stereocenters. The Kier molecular flexibility index (Phi) is 24.7. The summed E-state index contributed by atoms with van der Waals surface area (Å²) in [4.78, 5) is 0. The summed E-state index contributed by atoms with van der Waals surface area (Å²) in [7, 11) is 0. The molecular weight excluding hydrogens is 360 g/mol. The fourth-order valence-electron chi connectivity index (χ4n) is 2.81. The molecule has 0 saturated heterocycles. The van der Waals surface area contributed by atoms with E-state index in [1.165, 1.54) is 16.7 Å². The lowest BCUT2D eigenvalue weighted by Gasteiger charge is -2.31. The van der Waals surface area contributed by atoms with E-state index in [1.54, 1.807) is 0 Å². The Labute approximate surface area is 189 Å². The van der Waals surface area contributed by atoms with E-state index >= 15 is 0 Å². The van der Waals surface area contributed by atoms with Crippen molar-refractivity contribution in [1.29, 1.82) is 0 Å². The third-order valence-electron chi connectivity index (χ3n) is 4.05. The van der Waals surface area contributed by atoms with E-state index in [0.717, 1.165) is 0 Å². The molecule has 3 aromatic rings. The normalized spacial score (nSPS) is 8.50. The van der Waals surface area contributed by atoms with Crippen LogP contribution in [0.5, 0.6) is 0 Å². The molecule has 0 heterocycles. The second-order valence-electron chi connectivity index (χ2n) is 5.22. The summed E-state index contributed by atoms with van der Waals surface area (Å²) in [6.45, 7) is 22.3. The highest BCUT2D eigenvalue weighted by Crippen LogP contribution is 2.38. The van der Waals surface area contributed by atoms with Crippen molar-refractivity contribution in [2.45, 2.75) is 81.6 Å². The van der Waals surface area contributed by atoms with Crippen LogP contribution in [0.15, 0.2) is 91.0 Å². The van der Waals surface area contributed by atoms with Gasteiger partial charge in [0.25, 0.3) is 0 Å². The van der Waals surface area contributed by atoms with E-state index in [4.69, 9.17) is 0 Å². The zero-order chi connectivity index (χ0) is 23.8. The SMILES string of the molecule is CC.CC.CC.CC.CC.CC(c1ccccc1)(c1ccccc1)c1ccccc1. The van der Waals surface area contributed by atoms with Gasteiger partial charge < -0.3 is 0 Å². The summed E-state index contributed by atoms with van der Waals surface area (Å²) < 4.78 is 0. The standard InChI is InChI=1S/C20H18.5C2H6/c1-20(17-11-5-2-6-12-17,18-13-7-3-8-14-18)19-15-9-4-10-16-19;5*1-2/h2-16H,1H3;5*1-2H3. The lowest BCUT2D eigenvalue weighted by Crippen LogP contribution is -2.25. The van der Waals surface area contributed by atoms with Crippen LogP contribution in [0.2, 0.25) is 0 Å². The Morgan fingerprint density at radius 3 is 0.667 bits per heavy atom. The molecule has 0 saturated carbocycles. The van der Waals surface area contributed by atoms with Gasteiger partial charge in [0.15, 0.2) is 0 Å². The van der Waals surface area contributed by atoms with Crippen molar-refractivity contribution in [3.8, 4) is 0 Å². The molecule has 0 aromatic heterocycles. The molecule has 0 aliphatic rings. The van der Waals surface area contributed by atoms with Crippen LogP contribution < -0.4 is 0 Å². The number of rotatable bonds is 3. The highest BCUT2D eigenvalue weighted by atomic mass is 14.3. The molecular formula is C30H48. The largest absolute Gasteiger partial charge is 0.0683 e. The van der Waals surface area contributed by atoms with Gasteiger partial charge in [-0.25, -0.2) is 0 Å². The van der Waals surface area contributed by atoms with Crippen LogP contribution in [0.1, 0.15) is 92.9 Å². The Hall–Kier alpha value is -2.34. The molecule has 0 aliphatic heterocycles. The zero-order valence-electron chi connectivity index (χ0n) is 21.7. The second kappa shape index (κ2) is 22.9. The van der Waals surface area contributed by atoms with Crippen molar-refractivity contribution in [3.63, 3.8) is 0 Å². The van der Waals surface area contributed by atoms with Gasteiger partial charge in [-0.2, -0.15) is 0 Å². The maximum atomic E-state index is 2.30. The van der Waals surface area contributed by atoms with Gasteiger partial charge >= 0.3 is 0 Å². The Balaban J connectivity index is -0.000000642. The van der Waals surface area contributed by atoms with Crippen molar-refractivity contribution < 1.29 is 0 Å². The first-order chi connectivity index (χ1) is 14.8. The molecule has 3 rings (SSSR count). The van der Waals surface area contributed by atoms with Gasteiger partial charge in [0.1, 0.15) is 0 Å². The van der Waals surface area contributed by atoms with E-state index in [-0.39, 0.29) is 5.41 Å². The predicted octanol–water partition coefficient (Wildman–Crippen LogP) is 10.2. The molecule has 0 spiro atoms. The Morgan fingerprint density at radius 2 is 0.500 bits per heavy atom. The van der Waals surface area contributed by atoms with Gasteiger partial charge in [0.05, 0.1) is 0 Å². The number of hydrogen-bond acceptors (Lipinski definition) is 0. The van der Waals surface area contributed by atoms with E-state index in [2.05, 4.69) is 97.9 Å². The van der Waals surface area contributed by atoms with Crippen molar-refractivity contribution in [2.24, 2.45) is 0 Å². The first-order valence-electron chi connectivity index (χ1n) is 12.0. The molecule has 0 nitrogen and oxygen atoms in total. The maximum absolute atomic E-state index is 2.30. The van der Waals surface area contributed by atoms with Crippen LogP contribution in [-0.2, 0) is 5.41 Å². The highest BCUT2D eigenvalue weighted by Gasteiger charge is 2.30. The predicted molar refractivity (Wildman–Crippen MR) is 142 cm³/mol. The lowest BCUT2D eigenvalue weighted by atomic mass is 9.71. The molecule has 0 heteroatoms. The molecule has 3 aromatic carbocycles. The summed E-state index contributed by atoms with van der Waals surface area (Å²) in [5.41, 5.74) is 3.83. The van der Waals surface area contributed by atoms with Crippen LogP contribution in [0.25, 0.3) is 0 Å². The molecule has 0 aliphatic carbocycles. The fourth-order valence-corrected chi connectivity index (χ4v) is 2.81. The van der Waals surface area contributed by atoms with Gasteiger partial charge in [0.2, 0.25) is 0 Å². The van der Waals surface area contributed by atoms with E-state index in [1.807, 2.05) is 69.2 Å². The Bertz CT molecular complexity index is 558. The van der Waals surface area contributed by atoms with Gasteiger partial charge in [-0.05, 0) is 23.6 Å². The molecule has 0 radical (unpaired) electrons. The summed E-state index contributed by atoms with van der Waals surface area (Å²) in [5, 5.41) is 0. The minimum atomic E-state index is -0.121. The third-order valence-corrected chi connectivity index (χ3v) is 4.05. The Morgan fingerprint density at radius 1 is 0.333 bits per heavy atom. The molecule has 0 atom stereocenters. The molecule has 0 fully saturated rings. The fraction of sp³-hybridized carbons (Fsp3) is 0.400.